The number of pyridine rings is 1. The van der Waals surface area contributed by atoms with E-state index >= 15 is 0 Å². The lowest BCUT2D eigenvalue weighted by atomic mass is 10.0. The molecule has 1 aliphatic heterocycles. The molecule has 2 atom stereocenters. The number of aromatic nitrogens is 1. The summed E-state index contributed by atoms with van der Waals surface area (Å²) in [6.07, 6.45) is 3.61. The van der Waals surface area contributed by atoms with Crippen molar-refractivity contribution in [1.29, 1.82) is 0 Å². The SMILES string of the molecule is CSC(Oc1cc(C)c2ncc(Br)cc2c1)C(=O)NC(C)(C)C#CC1(C)CO1. The Morgan fingerprint density at radius 1 is 1.46 bits per heavy atom. The molecule has 0 aliphatic carbocycles. The van der Waals surface area contributed by atoms with Crippen LogP contribution in [0.1, 0.15) is 26.3 Å². The summed E-state index contributed by atoms with van der Waals surface area (Å²) in [7, 11) is 0. The lowest BCUT2D eigenvalue weighted by Gasteiger charge is -2.24. The van der Waals surface area contributed by atoms with Crippen LogP contribution in [0.2, 0.25) is 0 Å². The van der Waals surface area contributed by atoms with Gasteiger partial charge in [0.1, 0.15) is 11.4 Å². The molecule has 1 aromatic carbocycles. The molecule has 3 rings (SSSR count). The quantitative estimate of drug-likeness (QED) is 0.412. The molecule has 2 heterocycles. The summed E-state index contributed by atoms with van der Waals surface area (Å²) in [6, 6.07) is 5.78. The minimum Gasteiger partial charge on any atom is -0.470 e. The summed E-state index contributed by atoms with van der Waals surface area (Å²) >= 11 is 4.77. The van der Waals surface area contributed by atoms with Crippen LogP contribution in [0.25, 0.3) is 10.9 Å². The van der Waals surface area contributed by atoms with Crippen LogP contribution in [0.15, 0.2) is 28.9 Å². The number of epoxide rings is 1. The maximum Gasteiger partial charge on any atom is 0.272 e. The fourth-order valence-corrected chi connectivity index (χ4v) is 3.47. The average Bonchev–Trinajstić information content (AvgIpc) is 3.35. The Kier molecular flexibility index (Phi) is 5.95. The topological polar surface area (TPSA) is 63.8 Å². The van der Waals surface area contributed by atoms with Crippen molar-refractivity contribution in [1.82, 2.24) is 10.3 Å². The van der Waals surface area contributed by atoms with Crippen LogP contribution in [0.5, 0.6) is 5.75 Å². The lowest BCUT2D eigenvalue weighted by molar-refractivity contribution is -0.125. The molecule has 148 valence electrons. The second-order valence-corrected chi connectivity index (χ2v) is 9.35. The number of ether oxygens (including phenoxy) is 2. The maximum atomic E-state index is 12.8. The van der Waals surface area contributed by atoms with E-state index in [2.05, 4.69) is 38.1 Å². The van der Waals surface area contributed by atoms with Crippen LogP contribution in [0, 0.1) is 18.8 Å². The third-order valence-corrected chi connectivity index (χ3v) is 5.41. The summed E-state index contributed by atoms with van der Waals surface area (Å²) in [5.41, 5.74) is 0.155. The van der Waals surface area contributed by atoms with Crippen molar-refractivity contribution in [2.75, 3.05) is 12.9 Å². The molecule has 0 radical (unpaired) electrons. The molecule has 7 heteroatoms. The number of nitrogens with zero attached hydrogens (tertiary/aromatic N) is 1. The summed E-state index contributed by atoms with van der Waals surface area (Å²) in [5.74, 6) is 6.57. The average molecular weight is 463 g/mol. The predicted octanol–water partition coefficient (Wildman–Crippen LogP) is 4.06. The highest BCUT2D eigenvalue weighted by Crippen LogP contribution is 2.28. The van der Waals surface area contributed by atoms with Crippen LogP contribution >= 0.6 is 27.7 Å². The van der Waals surface area contributed by atoms with Gasteiger partial charge in [-0.1, -0.05) is 11.8 Å². The normalized spacial score (nSPS) is 19.5. The fraction of sp³-hybridized carbons (Fsp3) is 0.429. The molecule has 1 saturated heterocycles. The number of nitrogens with one attached hydrogen (secondary N) is 1. The van der Waals surface area contributed by atoms with Gasteiger partial charge in [-0.15, -0.1) is 11.8 Å². The van der Waals surface area contributed by atoms with Crippen LogP contribution in [0.3, 0.4) is 0 Å². The number of thioether (sulfide) groups is 1. The van der Waals surface area contributed by atoms with Crippen molar-refractivity contribution in [3.63, 3.8) is 0 Å². The van der Waals surface area contributed by atoms with Crippen molar-refractivity contribution < 1.29 is 14.3 Å². The van der Waals surface area contributed by atoms with Gasteiger partial charge in [-0.05, 0) is 73.6 Å². The summed E-state index contributed by atoms with van der Waals surface area (Å²) in [4.78, 5) is 17.2. The van der Waals surface area contributed by atoms with E-state index in [-0.39, 0.29) is 11.5 Å². The van der Waals surface area contributed by atoms with Gasteiger partial charge in [-0.25, -0.2) is 0 Å². The van der Waals surface area contributed by atoms with Crippen LogP contribution in [-0.2, 0) is 9.53 Å². The molecule has 0 saturated carbocycles. The van der Waals surface area contributed by atoms with Gasteiger partial charge in [0.2, 0.25) is 5.44 Å². The second kappa shape index (κ2) is 7.94. The zero-order chi connectivity index (χ0) is 20.5. The third kappa shape index (κ3) is 5.19. The van der Waals surface area contributed by atoms with Crippen LogP contribution in [-0.4, -0.2) is 40.3 Å². The summed E-state index contributed by atoms with van der Waals surface area (Å²) in [5, 5.41) is 3.91. The Bertz CT molecular complexity index is 977. The number of carbonyl (C=O) groups excluding carboxylic acids is 1. The van der Waals surface area contributed by atoms with Gasteiger partial charge in [-0.3, -0.25) is 9.78 Å². The van der Waals surface area contributed by atoms with E-state index in [4.69, 9.17) is 9.47 Å². The van der Waals surface area contributed by atoms with Gasteiger partial charge in [0, 0.05) is 16.1 Å². The van der Waals surface area contributed by atoms with E-state index in [1.165, 1.54) is 11.8 Å². The van der Waals surface area contributed by atoms with Gasteiger partial charge < -0.3 is 14.8 Å². The molecule has 0 bridgehead atoms. The zero-order valence-corrected chi connectivity index (χ0v) is 19.0. The van der Waals surface area contributed by atoms with Crippen molar-refractivity contribution in [3.8, 4) is 17.6 Å². The molecular formula is C21H23BrN2O3S. The first kappa shape index (κ1) is 21.0. The van der Waals surface area contributed by atoms with E-state index in [1.807, 2.05) is 52.1 Å². The highest BCUT2D eigenvalue weighted by Gasteiger charge is 2.37. The van der Waals surface area contributed by atoms with E-state index < -0.39 is 11.0 Å². The number of aryl methyl sites for hydroxylation is 1. The number of benzene rings is 1. The first-order valence-corrected chi connectivity index (χ1v) is 10.9. The molecular weight excluding hydrogens is 440 g/mol. The fourth-order valence-electron chi connectivity index (χ4n) is 2.64. The second-order valence-electron chi connectivity index (χ2n) is 7.53. The Balaban J connectivity index is 1.75. The van der Waals surface area contributed by atoms with E-state index in [1.54, 1.807) is 6.20 Å². The Hall–Kier alpha value is -1.75. The molecule has 5 nitrogen and oxygen atoms in total. The molecule has 2 aromatic rings. The molecule has 1 N–H and O–H groups in total. The lowest BCUT2D eigenvalue weighted by Crippen LogP contribution is -2.47. The highest BCUT2D eigenvalue weighted by molar-refractivity contribution is 9.10. The van der Waals surface area contributed by atoms with Crippen molar-refractivity contribution in [2.45, 2.75) is 44.3 Å². The molecule has 1 aromatic heterocycles. The Labute approximate surface area is 178 Å². The number of rotatable bonds is 5. The number of halogens is 1. The molecule has 0 spiro atoms. The van der Waals surface area contributed by atoms with Gasteiger partial charge in [-0.2, -0.15) is 0 Å². The number of hydrogen-bond acceptors (Lipinski definition) is 5. The van der Waals surface area contributed by atoms with Crippen molar-refractivity contribution >= 4 is 44.5 Å². The molecule has 1 fully saturated rings. The standard InChI is InChI=1S/C21H23BrN2O3S/c1-13-8-16(10-14-9-15(22)11-23-17(13)14)27-19(28-5)18(25)24-20(2,3)6-7-21(4)12-26-21/h8-11,19H,12H2,1-5H3,(H,24,25). The smallest absolute Gasteiger partial charge is 0.272 e. The monoisotopic (exact) mass is 462 g/mol. The number of fused-ring (bicyclic) bond motifs is 1. The number of amides is 1. The summed E-state index contributed by atoms with van der Waals surface area (Å²) < 4.78 is 12.2. The zero-order valence-electron chi connectivity index (χ0n) is 16.6. The van der Waals surface area contributed by atoms with E-state index in [9.17, 15) is 4.79 Å². The first-order valence-electron chi connectivity index (χ1n) is 8.86. The molecule has 1 amide bonds. The minimum atomic E-state index is -0.689. The van der Waals surface area contributed by atoms with E-state index in [0.717, 1.165) is 20.9 Å². The van der Waals surface area contributed by atoms with Gasteiger partial charge in [0.25, 0.3) is 5.91 Å². The molecule has 28 heavy (non-hydrogen) atoms. The Morgan fingerprint density at radius 3 is 2.82 bits per heavy atom. The maximum absolute atomic E-state index is 12.8. The van der Waals surface area contributed by atoms with Gasteiger partial charge in [0.15, 0.2) is 0 Å². The van der Waals surface area contributed by atoms with Crippen molar-refractivity contribution in [3.05, 3.63) is 34.4 Å². The summed E-state index contributed by atoms with van der Waals surface area (Å²) in [6.45, 7) is 8.27. The number of carbonyl (C=O) groups is 1. The van der Waals surface area contributed by atoms with Crippen LogP contribution < -0.4 is 10.1 Å². The molecule has 2 unspecified atom stereocenters. The Morgan fingerprint density at radius 2 is 2.18 bits per heavy atom. The third-order valence-electron chi connectivity index (χ3n) is 4.24. The van der Waals surface area contributed by atoms with Crippen molar-refractivity contribution in [2.24, 2.45) is 0 Å². The molecule has 1 aliphatic rings. The van der Waals surface area contributed by atoms with Crippen LogP contribution in [0.4, 0.5) is 0 Å². The van der Waals surface area contributed by atoms with Gasteiger partial charge in [0.05, 0.1) is 17.7 Å². The van der Waals surface area contributed by atoms with Gasteiger partial charge >= 0.3 is 0 Å². The largest absolute Gasteiger partial charge is 0.470 e. The van der Waals surface area contributed by atoms with E-state index in [0.29, 0.717) is 12.4 Å². The first-order chi connectivity index (χ1) is 13.1. The minimum absolute atomic E-state index is 0.223. The predicted molar refractivity (Wildman–Crippen MR) is 116 cm³/mol. The number of hydrogen-bond donors (Lipinski definition) is 1. The highest BCUT2D eigenvalue weighted by atomic mass is 79.9.